The molecule has 3 N–H and O–H groups in total. The summed E-state index contributed by atoms with van der Waals surface area (Å²) in [6.45, 7) is -0.898. The highest BCUT2D eigenvalue weighted by Crippen LogP contribution is 2.31. The van der Waals surface area contributed by atoms with Crippen LogP contribution in [0.25, 0.3) is 0 Å². The van der Waals surface area contributed by atoms with Crippen molar-refractivity contribution < 1.29 is 19.1 Å². The molecule has 3 amide bonds. The maximum Gasteiger partial charge on any atom is 0.255 e. The Morgan fingerprint density at radius 3 is 2.48 bits per heavy atom. The van der Waals surface area contributed by atoms with E-state index in [-0.39, 0.29) is 29.6 Å². The monoisotopic (exact) mass is 331 g/mol. The Kier molecular flexibility index (Phi) is 4.66. The van der Waals surface area contributed by atoms with Crippen LogP contribution in [0.4, 0.5) is 11.4 Å². The molecule has 1 aromatic rings. The van der Waals surface area contributed by atoms with E-state index in [1.807, 2.05) is 0 Å². The Labute approximate surface area is 129 Å². The van der Waals surface area contributed by atoms with Crippen LogP contribution in [0, 0.1) is 0 Å². The molecule has 0 saturated carbocycles. The van der Waals surface area contributed by atoms with Gasteiger partial charge in [0.15, 0.2) is 0 Å². The van der Waals surface area contributed by atoms with E-state index in [0.29, 0.717) is 5.02 Å². The minimum Gasteiger partial charge on any atom is -0.397 e. The van der Waals surface area contributed by atoms with Crippen LogP contribution in [0.3, 0.4) is 0 Å². The number of hydrogen-bond donors (Lipinski definition) is 2. The number of ether oxygens (including phenoxy) is 1. The van der Waals surface area contributed by atoms with Crippen LogP contribution >= 0.6 is 23.2 Å². The maximum absolute atomic E-state index is 11.9. The highest BCUT2D eigenvalue weighted by atomic mass is 35.5. The number of nitrogens with one attached hydrogen (secondary N) is 1. The van der Waals surface area contributed by atoms with Crippen molar-refractivity contribution in [3.8, 4) is 0 Å². The molecule has 0 aliphatic carbocycles. The summed E-state index contributed by atoms with van der Waals surface area (Å²) in [6.07, 6.45) is 0. The van der Waals surface area contributed by atoms with E-state index < -0.39 is 24.3 Å². The molecule has 9 heteroatoms. The molecule has 1 saturated heterocycles. The Bertz CT molecular complexity index is 582. The van der Waals surface area contributed by atoms with Gasteiger partial charge in [0, 0.05) is 5.02 Å². The number of anilines is 2. The molecule has 1 fully saturated rings. The summed E-state index contributed by atoms with van der Waals surface area (Å²) in [5.74, 6) is -1.75. The van der Waals surface area contributed by atoms with E-state index in [4.69, 9.17) is 33.7 Å². The molecule has 0 aromatic heterocycles. The third-order valence-corrected chi connectivity index (χ3v) is 3.22. The quantitative estimate of drug-likeness (QED) is 0.632. The number of carbonyl (C=O) groups is 3. The largest absolute Gasteiger partial charge is 0.397 e. The molecule has 21 heavy (non-hydrogen) atoms. The van der Waals surface area contributed by atoms with Crippen molar-refractivity contribution in [2.75, 3.05) is 30.8 Å². The molecule has 0 atom stereocenters. The molecule has 1 heterocycles. The molecule has 1 aliphatic heterocycles. The summed E-state index contributed by atoms with van der Waals surface area (Å²) >= 11 is 11.7. The van der Waals surface area contributed by atoms with Crippen LogP contribution < -0.4 is 11.1 Å². The first-order chi connectivity index (χ1) is 9.88. The molecular formula is C12H11Cl2N3O4. The van der Waals surface area contributed by atoms with Crippen molar-refractivity contribution in [1.29, 1.82) is 0 Å². The second-order valence-corrected chi connectivity index (χ2v) is 5.11. The van der Waals surface area contributed by atoms with Gasteiger partial charge >= 0.3 is 0 Å². The highest BCUT2D eigenvalue weighted by molar-refractivity contribution is 6.37. The number of halogens is 2. The van der Waals surface area contributed by atoms with E-state index in [9.17, 15) is 14.4 Å². The van der Waals surface area contributed by atoms with Gasteiger partial charge in [-0.1, -0.05) is 23.2 Å². The Hall–Kier alpha value is -1.83. The molecule has 2 rings (SSSR count). The number of rotatable bonds is 3. The third-order valence-electron chi connectivity index (χ3n) is 2.70. The van der Waals surface area contributed by atoms with Crippen molar-refractivity contribution in [3.63, 3.8) is 0 Å². The predicted molar refractivity (Wildman–Crippen MR) is 77.0 cm³/mol. The van der Waals surface area contributed by atoms with E-state index in [2.05, 4.69) is 5.32 Å². The Balaban J connectivity index is 2.08. The fourth-order valence-electron chi connectivity index (χ4n) is 1.74. The average Bonchev–Trinajstić information content (AvgIpc) is 2.38. The van der Waals surface area contributed by atoms with Gasteiger partial charge in [-0.05, 0) is 12.1 Å². The zero-order valence-corrected chi connectivity index (χ0v) is 12.2. The van der Waals surface area contributed by atoms with E-state index in [1.54, 1.807) is 0 Å². The number of imide groups is 1. The number of hydrogen-bond acceptors (Lipinski definition) is 5. The van der Waals surface area contributed by atoms with Gasteiger partial charge in [0.05, 0.1) is 16.4 Å². The van der Waals surface area contributed by atoms with Crippen molar-refractivity contribution in [1.82, 2.24) is 4.90 Å². The van der Waals surface area contributed by atoms with Crippen molar-refractivity contribution >= 4 is 52.3 Å². The summed E-state index contributed by atoms with van der Waals surface area (Å²) in [6, 6.07) is 2.84. The summed E-state index contributed by atoms with van der Waals surface area (Å²) in [5.41, 5.74) is 6.07. The molecule has 0 radical (unpaired) electrons. The second-order valence-electron chi connectivity index (χ2n) is 4.27. The molecular weight excluding hydrogens is 321 g/mol. The van der Waals surface area contributed by atoms with Crippen molar-refractivity contribution in [2.45, 2.75) is 0 Å². The van der Waals surface area contributed by atoms with Crippen LogP contribution in [0.2, 0.25) is 10.0 Å². The fourth-order valence-corrected chi connectivity index (χ4v) is 2.30. The minimum atomic E-state index is -0.602. The normalized spacial score (nSPS) is 15.2. The SMILES string of the molecule is Nc1cc(Cl)cc(Cl)c1NC(=O)CN1C(=O)COCC1=O. The summed E-state index contributed by atoms with van der Waals surface area (Å²) in [4.78, 5) is 35.7. The number of nitrogen functional groups attached to an aromatic ring is 1. The Morgan fingerprint density at radius 1 is 1.29 bits per heavy atom. The number of morpholine rings is 1. The second kappa shape index (κ2) is 6.30. The first-order valence-electron chi connectivity index (χ1n) is 5.84. The summed E-state index contributed by atoms with van der Waals surface area (Å²) < 4.78 is 4.75. The van der Waals surface area contributed by atoms with Gasteiger partial charge in [0.2, 0.25) is 5.91 Å². The maximum atomic E-state index is 11.9. The summed E-state index contributed by atoms with van der Waals surface area (Å²) in [7, 11) is 0. The van der Waals surface area contributed by atoms with Gasteiger partial charge in [-0.25, -0.2) is 0 Å². The number of benzene rings is 1. The number of nitrogens with zero attached hydrogens (tertiary/aromatic N) is 1. The lowest BCUT2D eigenvalue weighted by Crippen LogP contribution is -2.49. The molecule has 1 aromatic carbocycles. The van der Waals surface area contributed by atoms with Crippen molar-refractivity contribution in [2.24, 2.45) is 0 Å². The smallest absolute Gasteiger partial charge is 0.255 e. The zero-order valence-electron chi connectivity index (χ0n) is 10.7. The predicted octanol–water partition coefficient (Wildman–Crippen LogP) is 0.899. The van der Waals surface area contributed by atoms with Crippen LogP contribution in [-0.4, -0.2) is 42.4 Å². The molecule has 112 valence electrons. The van der Waals surface area contributed by atoms with Gasteiger partial charge in [-0.2, -0.15) is 0 Å². The lowest BCUT2D eigenvalue weighted by Gasteiger charge is -2.24. The number of nitrogens with two attached hydrogens (primary N) is 1. The zero-order chi connectivity index (χ0) is 15.6. The first kappa shape index (κ1) is 15.6. The molecule has 7 nitrogen and oxygen atoms in total. The van der Waals surface area contributed by atoms with Crippen LogP contribution in [-0.2, 0) is 19.1 Å². The molecule has 0 spiro atoms. The fraction of sp³-hybridized carbons (Fsp3) is 0.250. The third kappa shape index (κ3) is 3.63. The minimum absolute atomic E-state index is 0.160. The van der Waals surface area contributed by atoms with E-state index in [1.165, 1.54) is 12.1 Å². The van der Waals surface area contributed by atoms with Gasteiger partial charge < -0.3 is 15.8 Å². The standard InChI is InChI=1S/C12H11Cl2N3O4/c13-6-1-7(14)12(8(15)2-6)16-9(18)3-17-10(19)4-21-5-11(17)20/h1-2H,3-5,15H2,(H,16,18). The number of amides is 3. The summed E-state index contributed by atoms with van der Waals surface area (Å²) in [5, 5.41) is 2.94. The molecule has 0 unspecified atom stereocenters. The van der Waals surface area contributed by atoms with Crippen LogP contribution in [0.15, 0.2) is 12.1 Å². The van der Waals surface area contributed by atoms with E-state index >= 15 is 0 Å². The van der Waals surface area contributed by atoms with Crippen LogP contribution in [0.1, 0.15) is 0 Å². The van der Waals surface area contributed by atoms with Crippen molar-refractivity contribution in [3.05, 3.63) is 22.2 Å². The van der Waals surface area contributed by atoms with Gasteiger partial charge in [0.25, 0.3) is 11.8 Å². The number of carbonyl (C=O) groups excluding carboxylic acids is 3. The topological polar surface area (TPSA) is 102 Å². The van der Waals surface area contributed by atoms with E-state index in [0.717, 1.165) is 4.90 Å². The average molecular weight is 332 g/mol. The molecule has 0 bridgehead atoms. The van der Waals surface area contributed by atoms with Gasteiger partial charge in [0.1, 0.15) is 19.8 Å². The Morgan fingerprint density at radius 2 is 1.90 bits per heavy atom. The van der Waals surface area contributed by atoms with Gasteiger partial charge in [-0.15, -0.1) is 0 Å². The van der Waals surface area contributed by atoms with Crippen LogP contribution in [0.5, 0.6) is 0 Å². The molecule has 1 aliphatic rings. The van der Waals surface area contributed by atoms with Gasteiger partial charge in [-0.3, -0.25) is 19.3 Å². The lowest BCUT2D eigenvalue weighted by atomic mass is 10.2. The highest BCUT2D eigenvalue weighted by Gasteiger charge is 2.28. The lowest BCUT2D eigenvalue weighted by molar-refractivity contribution is -0.159. The first-order valence-corrected chi connectivity index (χ1v) is 6.59.